The fourth-order valence-electron chi connectivity index (χ4n) is 3.79. The molecule has 0 fully saturated rings. The lowest BCUT2D eigenvalue weighted by molar-refractivity contribution is -0.118. The fourth-order valence-corrected chi connectivity index (χ4v) is 5.06. The number of carbonyl (C=O) groups is 1. The fraction of sp³-hybridized carbons (Fsp3) is 0.476. The van der Waals surface area contributed by atoms with Crippen molar-refractivity contribution in [2.24, 2.45) is 11.8 Å². The molecule has 1 aliphatic carbocycles. The quantitative estimate of drug-likeness (QED) is 0.471. The van der Waals surface area contributed by atoms with Crippen LogP contribution in [0, 0.1) is 11.8 Å². The maximum atomic E-state index is 12.3. The number of fused-ring (bicyclic) bond motifs is 1. The van der Waals surface area contributed by atoms with Gasteiger partial charge in [-0.25, -0.2) is 0 Å². The molecule has 1 aliphatic rings. The summed E-state index contributed by atoms with van der Waals surface area (Å²) in [6.45, 7) is 2.23. The van der Waals surface area contributed by atoms with Crippen molar-refractivity contribution in [2.45, 2.75) is 51.9 Å². The van der Waals surface area contributed by atoms with Gasteiger partial charge >= 0.3 is 0 Å². The first-order valence-electron chi connectivity index (χ1n) is 9.07. The van der Waals surface area contributed by atoms with E-state index in [0.29, 0.717) is 11.7 Å². The van der Waals surface area contributed by atoms with Crippen LogP contribution in [-0.2, 0) is 11.2 Å². The van der Waals surface area contributed by atoms with Gasteiger partial charge in [0.05, 0.1) is 5.02 Å². The van der Waals surface area contributed by atoms with E-state index in [9.17, 15) is 4.79 Å². The van der Waals surface area contributed by atoms with Gasteiger partial charge in [0, 0.05) is 21.4 Å². The molecule has 1 aromatic carbocycles. The molecule has 3 heteroatoms. The molecule has 0 bridgehead atoms. The Balaban J connectivity index is 1.63. The number of carbonyl (C=O) groups excluding carboxylic acids is 1. The van der Waals surface area contributed by atoms with E-state index in [2.05, 4.69) is 31.2 Å². The zero-order valence-corrected chi connectivity index (χ0v) is 15.8. The Hall–Kier alpha value is -1.12. The molecule has 0 N–H and O–H groups in total. The lowest BCUT2D eigenvalue weighted by Crippen LogP contribution is -2.17. The number of benzene rings is 1. The number of halogens is 1. The molecule has 0 radical (unpaired) electrons. The summed E-state index contributed by atoms with van der Waals surface area (Å²) in [5.41, 5.74) is 1.28. The van der Waals surface area contributed by atoms with Crippen molar-refractivity contribution >= 4 is 38.8 Å². The first-order valence-corrected chi connectivity index (χ1v) is 10.3. The molecule has 1 heterocycles. The Bertz CT molecular complexity index is 731. The molecular weight excluding hydrogens is 336 g/mol. The molecule has 0 saturated heterocycles. The van der Waals surface area contributed by atoms with Crippen molar-refractivity contribution < 1.29 is 4.79 Å². The Morgan fingerprint density at radius 2 is 2.04 bits per heavy atom. The Labute approximate surface area is 153 Å². The third kappa shape index (κ3) is 3.92. The molecule has 2 atom stereocenters. The maximum absolute atomic E-state index is 12.3. The third-order valence-corrected chi connectivity index (χ3v) is 6.52. The van der Waals surface area contributed by atoms with Crippen LogP contribution in [0.25, 0.3) is 10.1 Å². The van der Waals surface area contributed by atoms with Gasteiger partial charge in [0.1, 0.15) is 0 Å². The average Bonchev–Trinajstić information content (AvgIpc) is 3.14. The molecule has 128 valence electrons. The molecule has 0 unspecified atom stereocenters. The zero-order chi connectivity index (χ0) is 16.9. The van der Waals surface area contributed by atoms with E-state index in [-0.39, 0.29) is 5.92 Å². The summed E-state index contributed by atoms with van der Waals surface area (Å²) in [6.07, 6.45) is 12.0. The highest BCUT2D eigenvalue weighted by molar-refractivity contribution is 7.17. The van der Waals surface area contributed by atoms with Gasteiger partial charge in [-0.05, 0) is 42.9 Å². The van der Waals surface area contributed by atoms with E-state index in [1.165, 1.54) is 41.3 Å². The number of ketones is 1. The Kier molecular flexibility index (Phi) is 6.13. The minimum atomic E-state index is 0.166. The zero-order valence-electron chi connectivity index (χ0n) is 14.3. The van der Waals surface area contributed by atoms with Gasteiger partial charge in [-0.1, -0.05) is 62.4 Å². The van der Waals surface area contributed by atoms with Gasteiger partial charge in [0.15, 0.2) is 5.78 Å². The van der Waals surface area contributed by atoms with E-state index in [1.807, 2.05) is 11.5 Å². The minimum Gasteiger partial charge on any atom is -0.295 e. The van der Waals surface area contributed by atoms with E-state index >= 15 is 0 Å². The molecule has 1 nitrogen and oxygen atoms in total. The monoisotopic (exact) mass is 360 g/mol. The van der Waals surface area contributed by atoms with Crippen molar-refractivity contribution in [2.75, 3.05) is 0 Å². The molecule has 0 amide bonds. The molecule has 24 heavy (non-hydrogen) atoms. The second-order valence-corrected chi connectivity index (χ2v) is 8.11. The van der Waals surface area contributed by atoms with Crippen LogP contribution in [0.1, 0.15) is 51.0 Å². The number of unbranched alkanes of at least 4 members (excludes halogenated alkanes) is 3. The third-order valence-electron chi connectivity index (χ3n) is 5.15. The predicted molar refractivity (Wildman–Crippen MR) is 105 cm³/mol. The second-order valence-electron chi connectivity index (χ2n) is 6.79. The highest BCUT2D eigenvalue weighted by atomic mass is 35.5. The molecular formula is C21H25ClOS. The second kappa shape index (κ2) is 8.31. The van der Waals surface area contributed by atoms with Crippen LogP contribution in [0.2, 0.25) is 5.02 Å². The highest BCUT2D eigenvalue weighted by Crippen LogP contribution is 2.35. The highest BCUT2D eigenvalue weighted by Gasteiger charge is 2.29. The molecule has 3 rings (SSSR count). The van der Waals surface area contributed by atoms with Gasteiger partial charge in [0.25, 0.3) is 0 Å². The predicted octanol–water partition coefficient (Wildman–Crippen LogP) is 6.83. The van der Waals surface area contributed by atoms with Gasteiger partial charge in [0.2, 0.25) is 0 Å². The summed E-state index contributed by atoms with van der Waals surface area (Å²) < 4.78 is 1.24. The van der Waals surface area contributed by atoms with Crippen LogP contribution in [0.5, 0.6) is 0 Å². The number of allylic oxidation sites excluding steroid dienone is 2. The average molecular weight is 361 g/mol. The summed E-state index contributed by atoms with van der Waals surface area (Å²) in [5, 5.41) is 4.04. The van der Waals surface area contributed by atoms with Crippen LogP contribution < -0.4 is 0 Å². The Morgan fingerprint density at radius 3 is 2.88 bits per heavy atom. The van der Waals surface area contributed by atoms with Crippen molar-refractivity contribution in [3.05, 3.63) is 46.3 Å². The van der Waals surface area contributed by atoms with E-state index in [4.69, 9.17) is 11.6 Å². The lowest BCUT2D eigenvalue weighted by atomic mass is 9.85. The number of thiophene rings is 1. The van der Waals surface area contributed by atoms with Gasteiger partial charge in [-0.2, -0.15) is 0 Å². The van der Waals surface area contributed by atoms with Crippen LogP contribution in [0.3, 0.4) is 0 Å². The van der Waals surface area contributed by atoms with Crippen molar-refractivity contribution in [1.29, 1.82) is 0 Å². The summed E-state index contributed by atoms with van der Waals surface area (Å²) >= 11 is 8.05. The Morgan fingerprint density at radius 1 is 1.17 bits per heavy atom. The van der Waals surface area contributed by atoms with E-state index in [1.54, 1.807) is 11.3 Å². The molecule has 1 aromatic heterocycles. The number of rotatable bonds is 8. The van der Waals surface area contributed by atoms with Gasteiger partial charge < -0.3 is 0 Å². The number of hydrogen-bond donors (Lipinski definition) is 0. The molecule has 0 saturated carbocycles. The van der Waals surface area contributed by atoms with Crippen LogP contribution in [-0.4, -0.2) is 5.78 Å². The van der Waals surface area contributed by atoms with Crippen LogP contribution >= 0.6 is 22.9 Å². The summed E-state index contributed by atoms with van der Waals surface area (Å²) in [7, 11) is 0. The summed E-state index contributed by atoms with van der Waals surface area (Å²) in [4.78, 5) is 12.3. The summed E-state index contributed by atoms with van der Waals surface area (Å²) in [5.74, 6) is 0.921. The molecule has 0 aliphatic heterocycles. The van der Waals surface area contributed by atoms with Crippen molar-refractivity contribution in [1.82, 2.24) is 0 Å². The van der Waals surface area contributed by atoms with Crippen LogP contribution in [0.15, 0.2) is 35.7 Å². The first kappa shape index (κ1) is 17.7. The standard InChI is InChI=1S/C21H25ClOS/c1-2-3-4-5-7-15-11-13-19(23)17(15)12-10-16-8-6-9-20-21(16)18(22)14-24-20/h6,8-9,11,13-15,17H,2-5,7,10,12H2,1H3/t15-,17+/m0/s1. The lowest BCUT2D eigenvalue weighted by Gasteiger charge is -2.18. The van der Waals surface area contributed by atoms with Crippen molar-refractivity contribution in [3.8, 4) is 0 Å². The van der Waals surface area contributed by atoms with Gasteiger partial charge in [-0.3, -0.25) is 4.79 Å². The van der Waals surface area contributed by atoms with Gasteiger partial charge in [-0.15, -0.1) is 11.3 Å². The number of hydrogen-bond acceptors (Lipinski definition) is 2. The molecule has 2 aromatic rings. The molecule has 0 spiro atoms. The summed E-state index contributed by atoms with van der Waals surface area (Å²) in [6, 6.07) is 6.37. The number of aryl methyl sites for hydroxylation is 1. The first-order chi connectivity index (χ1) is 11.7. The smallest absolute Gasteiger partial charge is 0.159 e. The SMILES string of the molecule is CCCCCC[C@H]1C=CC(=O)[C@@H]1CCc1cccc2scc(Cl)c12. The topological polar surface area (TPSA) is 17.1 Å². The van der Waals surface area contributed by atoms with Crippen LogP contribution in [0.4, 0.5) is 0 Å². The minimum absolute atomic E-state index is 0.166. The van der Waals surface area contributed by atoms with E-state index < -0.39 is 0 Å². The van der Waals surface area contributed by atoms with Crippen molar-refractivity contribution in [3.63, 3.8) is 0 Å². The normalized spacial score (nSPS) is 20.3. The maximum Gasteiger partial charge on any atom is 0.159 e. The largest absolute Gasteiger partial charge is 0.295 e. The van der Waals surface area contributed by atoms with E-state index in [0.717, 1.165) is 24.3 Å².